The first-order valence-electron chi connectivity index (χ1n) is 12.3. The van der Waals surface area contributed by atoms with Crippen molar-refractivity contribution in [2.45, 2.75) is 34.2 Å². The summed E-state index contributed by atoms with van der Waals surface area (Å²) in [6.07, 6.45) is 0. The number of hydrogen-bond donors (Lipinski definition) is 0. The lowest BCUT2D eigenvalue weighted by Gasteiger charge is -2.35. The summed E-state index contributed by atoms with van der Waals surface area (Å²) in [6.45, 7) is 13.6. The van der Waals surface area contributed by atoms with Gasteiger partial charge in [0.25, 0.3) is 5.91 Å². The average Bonchev–Trinajstić information content (AvgIpc) is 3.15. The lowest BCUT2D eigenvalue weighted by molar-refractivity contribution is 0.0722. The summed E-state index contributed by atoms with van der Waals surface area (Å²) < 4.78 is 2.07. The molecule has 1 amide bonds. The van der Waals surface area contributed by atoms with Gasteiger partial charge in [-0.2, -0.15) is 5.10 Å². The Kier molecular flexibility index (Phi) is 7.37. The molecule has 0 saturated carbocycles. The lowest BCUT2D eigenvalue weighted by Crippen LogP contribution is -2.45. The summed E-state index contributed by atoms with van der Waals surface area (Å²) in [4.78, 5) is 20.5. The van der Waals surface area contributed by atoms with Gasteiger partial charge in [0.1, 0.15) is 5.82 Å². The molecule has 0 bridgehead atoms. The summed E-state index contributed by atoms with van der Waals surface area (Å²) in [5, 5.41) is 4.98. The molecule has 0 aliphatic carbocycles. The minimum absolute atomic E-state index is 0.0861. The molecule has 1 saturated heterocycles. The number of piperazine rings is 1. The van der Waals surface area contributed by atoms with Gasteiger partial charge in [-0.25, -0.2) is 4.68 Å². The zero-order valence-electron chi connectivity index (χ0n) is 21.2. The van der Waals surface area contributed by atoms with Crippen molar-refractivity contribution in [3.8, 4) is 5.69 Å². The van der Waals surface area contributed by atoms with Crippen LogP contribution in [0.15, 0.2) is 54.6 Å². The van der Waals surface area contributed by atoms with Crippen LogP contribution in [0.4, 0.5) is 5.82 Å². The van der Waals surface area contributed by atoms with Gasteiger partial charge in [0, 0.05) is 43.9 Å². The van der Waals surface area contributed by atoms with E-state index in [2.05, 4.69) is 54.4 Å². The van der Waals surface area contributed by atoms with Crippen molar-refractivity contribution < 1.29 is 4.79 Å². The molecule has 2 heterocycles. The van der Waals surface area contributed by atoms with Gasteiger partial charge in [0.15, 0.2) is 0 Å². The molecule has 0 radical (unpaired) electrons. The van der Waals surface area contributed by atoms with Gasteiger partial charge in [-0.05, 0) is 50.6 Å². The van der Waals surface area contributed by atoms with E-state index in [0.717, 1.165) is 60.1 Å². The number of hydrogen-bond acceptors (Lipinski definition) is 4. The topological polar surface area (TPSA) is 44.6 Å². The van der Waals surface area contributed by atoms with E-state index in [1.165, 1.54) is 0 Å². The van der Waals surface area contributed by atoms with Crippen molar-refractivity contribution >= 4 is 11.7 Å². The Morgan fingerprint density at radius 1 is 0.971 bits per heavy atom. The number of carbonyl (C=O) groups is 1. The molecule has 1 aliphatic heterocycles. The molecule has 2 aromatic carbocycles. The lowest BCUT2D eigenvalue weighted by atomic mass is 10.1. The third-order valence-electron chi connectivity index (χ3n) is 6.56. The third kappa shape index (κ3) is 5.17. The van der Waals surface area contributed by atoms with Gasteiger partial charge >= 0.3 is 0 Å². The first-order chi connectivity index (χ1) is 16.3. The Morgan fingerprint density at radius 3 is 2.26 bits per heavy atom. The summed E-state index contributed by atoms with van der Waals surface area (Å²) in [7, 11) is 2.17. The number of para-hydroxylation sites is 1. The Morgan fingerprint density at radius 2 is 1.62 bits per heavy atom. The summed E-state index contributed by atoms with van der Waals surface area (Å²) in [5.74, 6) is 1.57. The highest BCUT2D eigenvalue weighted by Gasteiger charge is 2.28. The Balaban J connectivity index is 1.76. The smallest absolute Gasteiger partial charge is 0.254 e. The maximum absolute atomic E-state index is 13.7. The quantitative estimate of drug-likeness (QED) is 0.520. The minimum atomic E-state index is 0.0861. The molecule has 1 aliphatic rings. The van der Waals surface area contributed by atoms with Gasteiger partial charge in [0.2, 0.25) is 0 Å². The number of carbonyl (C=O) groups excluding carboxylic acids is 1. The van der Waals surface area contributed by atoms with Crippen LogP contribution in [-0.2, 0) is 6.54 Å². The predicted molar refractivity (Wildman–Crippen MR) is 139 cm³/mol. The van der Waals surface area contributed by atoms with E-state index in [9.17, 15) is 4.79 Å². The van der Waals surface area contributed by atoms with Crippen LogP contribution in [0, 0.1) is 19.8 Å². The fraction of sp³-hybridized carbons (Fsp3) is 0.429. The first-order valence-corrected chi connectivity index (χ1v) is 12.3. The monoisotopic (exact) mass is 459 g/mol. The number of amides is 1. The second-order valence-corrected chi connectivity index (χ2v) is 9.82. The number of nitrogens with zero attached hydrogens (tertiary/aromatic N) is 5. The molecule has 6 heteroatoms. The summed E-state index contributed by atoms with van der Waals surface area (Å²) in [6, 6.07) is 18.2. The van der Waals surface area contributed by atoms with E-state index in [4.69, 9.17) is 5.10 Å². The molecule has 3 aromatic rings. The predicted octanol–water partition coefficient (Wildman–Crippen LogP) is 4.54. The van der Waals surface area contributed by atoms with E-state index in [1.807, 2.05) is 54.3 Å². The number of aryl methyl sites for hydroxylation is 2. The molecule has 34 heavy (non-hydrogen) atoms. The van der Waals surface area contributed by atoms with E-state index in [1.54, 1.807) is 0 Å². The van der Waals surface area contributed by atoms with E-state index >= 15 is 0 Å². The molecule has 0 N–H and O–H groups in total. The zero-order valence-corrected chi connectivity index (χ0v) is 21.2. The highest BCUT2D eigenvalue weighted by molar-refractivity contribution is 5.95. The van der Waals surface area contributed by atoms with Gasteiger partial charge < -0.3 is 14.7 Å². The molecule has 0 atom stereocenters. The van der Waals surface area contributed by atoms with E-state index in [-0.39, 0.29) is 5.91 Å². The van der Waals surface area contributed by atoms with Gasteiger partial charge in [-0.3, -0.25) is 4.79 Å². The van der Waals surface area contributed by atoms with Crippen LogP contribution in [0.3, 0.4) is 0 Å². The van der Waals surface area contributed by atoms with Crippen LogP contribution in [0.1, 0.15) is 41.0 Å². The van der Waals surface area contributed by atoms with E-state index < -0.39 is 0 Å². The largest absolute Gasteiger partial charge is 0.354 e. The Labute approximate surface area is 203 Å². The van der Waals surface area contributed by atoms with Crippen LogP contribution in [0.2, 0.25) is 0 Å². The summed E-state index contributed by atoms with van der Waals surface area (Å²) >= 11 is 0. The van der Waals surface area contributed by atoms with E-state index in [0.29, 0.717) is 19.0 Å². The van der Waals surface area contributed by atoms with Crippen molar-refractivity contribution in [3.63, 3.8) is 0 Å². The molecule has 4 rings (SSSR count). The van der Waals surface area contributed by atoms with Crippen LogP contribution in [-0.4, -0.2) is 65.3 Å². The van der Waals surface area contributed by atoms with Crippen LogP contribution in [0.5, 0.6) is 0 Å². The summed E-state index contributed by atoms with van der Waals surface area (Å²) in [5.41, 5.74) is 4.95. The highest BCUT2D eigenvalue weighted by atomic mass is 16.2. The van der Waals surface area contributed by atoms with Crippen LogP contribution in [0.25, 0.3) is 5.69 Å². The van der Waals surface area contributed by atoms with Crippen molar-refractivity contribution in [2.24, 2.45) is 5.92 Å². The fourth-order valence-electron chi connectivity index (χ4n) is 4.66. The number of aromatic nitrogens is 2. The van der Waals surface area contributed by atoms with Gasteiger partial charge in [-0.1, -0.05) is 50.2 Å². The second-order valence-electron chi connectivity index (χ2n) is 9.82. The zero-order chi connectivity index (χ0) is 24.2. The molecule has 0 spiro atoms. The molecular weight excluding hydrogens is 422 g/mol. The van der Waals surface area contributed by atoms with Crippen molar-refractivity contribution in [1.29, 1.82) is 0 Å². The maximum atomic E-state index is 13.7. The minimum Gasteiger partial charge on any atom is -0.354 e. The number of rotatable bonds is 7. The van der Waals surface area contributed by atoms with Crippen LogP contribution < -0.4 is 4.90 Å². The molecule has 1 aromatic heterocycles. The number of likely N-dealkylation sites (N-methyl/N-ethyl adjacent to an activating group) is 1. The van der Waals surface area contributed by atoms with Crippen molar-refractivity contribution in [2.75, 3.05) is 44.7 Å². The fourth-order valence-corrected chi connectivity index (χ4v) is 4.66. The molecule has 6 nitrogen and oxygen atoms in total. The van der Waals surface area contributed by atoms with Crippen LogP contribution >= 0.6 is 0 Å². The normalized spacial score (nSPS) is 14.6. The third-order valence-corrected chi connectivity index (χ3v) is 6.56. The maximum Gasteiger partial charge on any atom is 0.254 e. The molecular formula is C28H37N5O. The number of benzene rings is 2. The van der Waals surface area contributed by atoms with Crippen molar-refractivity contribution in [3.05, 3.63) is 77.0 Å². The van der Waals surface area contributed by atoms with Gasteiger partial charge in [-0.15, -0.1) is 0 Å². The Bertz CT molecular complexity index is 1110. The Hall–Kier alpha value is -3.12. The van der Waals surface area contributed by atoms with Gasteiger partial charge in [0.05, 0.1) is 17.9 Å². The average molecular weight is 460 g/mol. The molecule has 180 valence electrons. The second kappa shape index (κ2) is 10.4. The molecule has 1 fully saturated rings. The standard InChI is InChI=1S/C28H37N5O/c1-21(2)19-32(28(34)25-14-10-9-11-22(25)3)20-26-23(4)29-33(24-12-7-6-8-13-24)27(26)31-17-15-30(5)16-18-31/h6-14,21H,15-20H2,1-5H3. The molecule has 0 unspecified atom stereocenters. The van der Waals surface area contributed by atoms with Crippen molar-refractivity contribution in [1.82, 2.24) is 19.6 Å². The SMILES string of the molecule is Cc1ccccc1C(=O)N(Cc1c(C)nn(-c2ccccc2)c1N1CCN(C)CC1)CC(C)C. The first kappa shape index (κ1) is 24.0. The number of anilines is 1. The highest BCUT2D eigenvalue weighted by Crippen LogP contribution is 2.30.